The van der Waals surface area contributed by atoms with Crippen LogP contribution in [0.15, 0.2) is 21.6 Å². The molecule has 2 aromatic rings. The molecular formula is C12H17N3O3S. The quantitative estimate of drug-likeness (QED) is 0.898. The molecule has 6 nitrogen and oxygen atoms in total. The maximum atomic E-state index is 11.9. The highest BCUT2D eigenvalue weighted by Crippen LogP contribution is 2.26. The van der Waals surface area contributed by atoms with Gasteiger partial charge in [0.2, 0.25) is 5.09 Å². The molecule has 0 aromatic carbocycles. The summed E-state index contributed by atoms with van der Waals surface area (Å²) in [4.78, 5) is 0. The van der Waals surface area contributed by atoms with E-state index >= 15 is 0 Å². The fourth-order valence-electron chi connectivity index (χ4n) is 1.69. The monoisotopic (exact) mass is 283 g/mol. The van der Waals surface area contributed by atoms with E-state index in [2.05, 4.69) is 14.9 Å². The Hall–Kier alpha value is -1.60. The van der Waals surface area contributed by atoms with Gasteiger partial charge >= 0.3 is 0 Å². The van der Waals surface area contributed by atoms with Gasteiger partial charge in [-0.25, -0.2) is 13.1 Å². The van der Waals surface area contributed by atoms with Crippen LogP contribution in [0.4, 0.5) is 0 Å². The van der Waals surface area contributed by atoms with Crippen molar-refractivity contribution in [2.24, 2.45) is 0 Å². The number of H-pyrrole nitrogens is 1. The van der Waals surface area contributed by atoms with E-state index in [-0.39, 0.29) is 11.1 Å². The van der Waals surface area contributed by atoms with E-state index in [1.165, 1.54) is 6.07 Å². The zero-order chi connectivity index (χ0) is 14.2. The van der Waals surface area contributed by atoms with Gasteiger partial charge in [0.05, 0.1) is 0 Å². The number of sulfonamides is 1. The maximum Gasteiger partial charge on any atom is 0.274 e. The highest BCUT2D eigenvalue weighted by Gasteiger charge is 2.21. The first-order chi connectivity index (χ1) is 8.81. The Morgan fingerprint density at radius 1 is 1.32 bits per heavy atom. The molecule has 0 bridgehead atoms. The minimum absolute atomic E-state index is 0.101. The summed E-state index contributed by atoms with van der Waals surface area (Å²) < 4.78 is 31.8. The van der Waals surface area contributed by atoms with Crippen LogP contribution in [0.1, 0.15) is 25.1 Å². The van der Waals surface area contributed by atoms with E-state index in [0.717, 1.165) is 11.3 Å². The lowest BCUT2D eigenvalue weighted by Crippen LogP contribution is -2.29. The van der Waals surface area contributed by atoms with Crippen LogP contribution < -0.4 is 4.72 Å². The Balaban J connectivity index is 2.37. The average molecular weight is 283 g/mol. The second kappa shape index (κ2) is 4.82. The highest BCUT2D eigenvalue weighted by atomic mass is 32.2. The molecule has 0 atom stereocenters. The second-order valence-corrected chi connectivity index (χ2v) is 6.36. The topological polar surface area (TPSA) is 88.0 Å². The number of hydrogen-bond donors (Lipinski definition) is 2. The molecule has 0 aliphatic rings. The molecule has 19 heavy (non-hydrogen) atoms. The Morgan fingerprint density at radius 3 is 2.53 bits per heavy atom. The van der Waals surface area contributed by atoms with Gasteiger partial charge in [0.25, 0.3) is 10.0 Å². The van der Waals surface area contributed by atoms with Crippen LogP contribution in [0.2, 0.25) is 0 Å². The summed E-state index contributed by atoms with van der Waals surface area (Å²) in [6.45, 7) is 7.30. The van der Waals surface area contributed by atoms with Crippen molar-refractivity contribution < 1.29 is 12.8 Å². The molecule has 2 rings (SSSR count). The van der Waals surface area contributed by atoms with Crippen LogP contribution in [0, 0.1) is 13.8 Å². The maximum absolute atomic E-state index is 11.9. The first-order valence-corrected chi connectivity index (χ1v) is 7.43. The lowest BCUT2D eigenvalue weighted by atomic mass is 10.2. The normalized spacial score (nSPS) is 12.3. The lowest BCUT2D eigenvalue weighted by molar-refractivity contribution is 0.452. The third kappa shape index (κ3) is 2.71. The molecule has 2 N–H and O–H groups in total. The van der Waals surface area contributed by atoms with Crippen molar-refractivity contribution in [3.05, 3.63) is 23.4 Å². The number of aryl methyl sites for hydroxylation is 1. The van der Waals surface area contributed by atoms with Crippen LogP contribution >= 0.6 is 0 Å². The number of nitrogens with zero attached hydrogens (tertiary/aromatic N) is 1. The molecule has 2 aromatic heterocycles. The fourth-order valence-corrected chi connectivity index (χ4v) is 2.87. The molecular weight excluding hydrogens is 266 g/mol. The van der Waals surface area contributed by atoms with Gasteiger partial charge in [-0.05, 0) is 39.8 Å². The number of rotatable bonds is 4. The average Bonchev–Trinajstić information content (AvgIpc) is 2.86. The van der Waals surface area contributed by atoms with Crippen LogP contribution in [-0.2, 0) is 10.0 Å². The summed E-state index contributed by atoms with van der Waals surface area (Å²) in [5.74, 6) is 0.436. The van der Waals surface area contributed by atoms with Crippen molar-refractivity contribution in [1.82, 2.24) is 14.9 Å². The van der Waals surface area contributed by atoms with Gasteiger partial charge in [-0.3, -0.25) is 5.10 Å². The number of furan rings is 1. The SMILES string of the molecule is Cc1[nH]nc(-c2ccc(S(=O)(=O)NC(C)C)o2)c1C. The predicted octanol–water partition coefficient (Wildman–Crippen LogP) is 1.97. The molecule has 104 valence electrons. The van der Waals surface area contributed by atoms with Crippen molar-refractivity contribution in [3.63, 3.8) is 0 Å². The van der Waals surface area contributed by atoms with Gasteiger partial charge in [0.15, 0.2) is 5.76 Å². The summed E-state index contributed by atoms with van der Waals surface area (Å²) in [6.07, 6.45) is 0. The van der Waals surface area contributed by atoms with E-state index in [1.54, 1.807) is 19.9 Å². The zero-order valence-electron chi connectivity index (χ0n) is 11.3. The molecule has 0 saturated carbocycles. The second-order valence-electron chi connectivity index (χ2n) is 4.72. The minimum atomic E-state index is -3.61. The van der Waals surface area contributed by atoms with E-state index in [0.29, 0.717) is 11.5 Å². The Bertz CT molecular complexity index is 683. The van der Waals surface area contributed by atoms with Crippen molar-refractivity contribution in [1.29, 1.82) is 0 Å². The molecule has 0 spiro atoms. The number of hydrogen-bond acceptors (Lipinski definition) is 4. The molecule has 0 radical (unpaired) electrons. The standard InChI is InChI=1S/C12H17N3O3S/c1-7(2)15-19(16,17)11-6-5-10(18-11)12-8(3)9(4)13-14-12/h5-7,15H,1-4H3,(H,13,14). The first kappa shape index (κ1) is 13.8. The molecule has 0 aliphatic carbocycles. The van der Waals surface area contributed by atoms with Crippen molar-refractivity contribution in [3.8, 4) is 11.5 Å². The van der Waals surface area contributed by atoms with Crippen LogP contribution in [0.5, 0.6) is 0 Å². The molecule has 0 unspecified atom stereocenters. The highest BCUT2D eigenvalue weighted by molar-refractivity contribution is 7.89. The smallest absolute Gasteiger partial charge is 0.274 e. The summed E-state index contributed by atoms with van der Waals surface area (Å²) >= 11 is 0. The van der Waals surface area contributed by atoms with Gasteiger partial charge in [0.1, 0.15) is 5.69 Å². The number of aromatic nitrogens is 2. The molecule has 0 aliphatic heterocycles. The molecule has 7 heteroatoms. The van der Waals surface area contributed by atoms with Gasteiger partial charge in [0, 0.05) is 17.3 Å². The van der Waals surface area contributed by atoms with Crippen molar-refractivity contribution in [2.75, 3.05) is 0 Å². The fraction of sp³-hybridized carbons (Fsp3) is 0.417. The zero-order valence-corrected chi connectivity index (χ0v) is 12.1. The van der Waals surface area contributed by atoms with Gasteiger partial charge < -0.3 is 4.42 Å². The van der Waals surface area contributed by atoms with Crippen molar-refractivity contribution >= 4 is 10.0 Å². The van der Waals surface area contributed by atoms with Crippen LogP contribution in [0.3, 0.4) is 0 Å². The molecule has 2 heterocycles. The first-order valence-electron chi connectivity index (χ1n) is 5.95. The van der Waals surface area contributed by atoms with E-state index in [1.807, 2.05) is 13.8 Å². The van der Waals surface area contributed by atoms with Crippen LogP contribution in [-0.4, -0.2) is 24.7 Å². The minimum Gasteiger partial charge on any atom is -0.442 e. The van der Waals surface area contributed by atoms with Crippen LogP contribution in [0.25, 0.3) is 11.5 Å². The van der Waals surface area contributed by atoms with E-state index in [4.69, 9.17) is 4.42 Å². The summed E-state index contributed by atoms with van der Waals surface area (Å²) in [7, 11) is -3.61. The van der Waals surface area contributed by atoms with Gasteiger partial charge in [-0.15, -0.1) is 0 Å². The molecule has 0 saturated heterocycles. The van der Waals surface area contributed by atoms with Gasteiger partial charge in [-0.1, -0.05) is 0 Å². The summed E-state index contributed by atoms with van der Waals surface area (Å²) in [6, 6.07) is 2.86. The van der Waals surface area contributed by atoms with E-state index < -0.39 is 10.0 Å². The Morgan fingerprint density at radius 2 is 2.00 bits per heavy atom. The Labute approximate surface area is 112 Å². The number of aromatic amines is 1. The summed E-state index contributed by atoms with van der Waals surface area (Å²) in [5, 5.41) is 6.85. The predicted molar refractivity (Wildman–Crippen MR) is 71.2 cm³/mol. The molecule has 0 fully saturated rings. The summed E-state index contributed by atoms with van der Waals surface area (Å²) in [5.41, 5.74) is 2.50. The molecule has 0 amide bonds. The van der Waals surface area contributed by atoms with E-state index in [9.17, 15) is 8.42 Å². The third-order valence-electron chi connectivity index (χ3n) is 2.72. The lowest BCUT2D eigenvalue weighted by Gasteiger charge is -2.06. The third-order valence-corrected chi connectivity index (χ3v) is 4.25. The number of nitrogens with one attached hydrogen (secondary N) is 2. The van der Waals surface area contributed by atoms with Crippen molar-refractivity contribution in [2.45, 2.75) is 38.8 Å². The largest absolute Gasteiger partial charge is 0.442 e. The Kier molecular flexibility index (Phi) is 3.51. The van der Waals surface area contributed by atoms with Gasteiger partial charge in [-0.2, -0.15) is 5.10 Å².